The van der Waals surface area contributed by atoms with Crippen LogP contribution in [0.3, 0.4) is 0 Å². The van der Waals surface area contributed by atoms with E-state index in [1.807, 2.05) is 13.0 Å². The van der Waals surface area contributed by atoms with E-state index in [0.717, 1.165) is 24.9 Å². The van der Waals surface area contributed by atoms with Crippen molar-refractivity contribution in [3.8, 4) is 0 Å². The first-order valence-electron chi connectivity index (χ1n) is 5.42. The van der Waals surface area contributed by atoms with E-state index in [1.54, 1.807) is 0 Å². The molecule has 0 aliphatic heterocycles. The zero-order valence-electron chi connectivity index (χ0n) is 9.03. The quantitative estimate of drug-likeness (QED) is 0.570. The highest BCUT2D eigenvalue weighted by Crippen LogP contribution is 2.32. The van der Waals surface area contributed by atoms with Gasteiger partial charge < -0.3 is 11.5 Å². The molecule has 0 bridgehead atoms. The third kappa shape index (κ3) is 2.02. The Morgan fingerprint density at radius 2 is 2.33 bits per heavy atom. The van der Waals surface area contributed by atoms with E-state index >= 15 is 0 Å². The molecular formula is C12H17N3. The molecule has 1 unspecified atom stereocenters. The standard InChI is InChI=1S/C12H17N3/c1-2-12(14)15-9-5-3-8-4-6-11(13)10(8)7-9/h3,5,7,11H,2,4,6,13H2,1H3,(H2,14,15). The molecule has 2 rings (SSSR count). The van der Waals surface area contributed by atoms with Crippen molar-refractivity contribution < 1.29 is 0 Å². The Kier molecular flexibility index (Phi) is 2.73. The molecule has 80 valence electrons. The normalized spacial score (nSPS) is 20.4. The fourth-order valence-corrected chi connectivity index (χ4v) is 1.94. The van der Waals surface area contributed by atoms with Crippen molar-refractivity contribution in [1.82, 2.24) is 0 Å². The van der Waals surface area contributed by atoms with Crippen LogP contribution >= 0.6 is 0 Å². The second kappa shape index (κ2) is 4.03. The van der Waals surface area contributed by atoms with Crippen LogP contribution in [0.4, 0.5) is 5.69 Å². The van der Waals surface area contributed by atoms with Crippen molar-refractivity contribution in [2.75, 3.05) is 0 Å². The van der Waals surface area contributed by atoms with Gasteiger partial charge in [-0.15, -0.1) is 0 Å². The summed E-state index contributed by atoms with van der Waals surface area (Å²) in [6, 6.07) is 6.37. The van der Waals surface area contributed by atoms with Gasteiger partial charge in [0.05, 0.1) is 11.5 Å². The third-order valence-electron chi connectivity index (χ3n) is 2.89. The van der Waals surface area contributed by atoms with Crippen molar-refractivity contribution >= 4 is 11.5 Å². The Hall–Kier alpha value is -1.35. The van der Waals surface area contributed by atoms with Crippen molar-refractivity contribution in [3.05, 3.63) is 29.3 Å². The molecule has 0 heterocycles. The summed E-state index contributed by atoms with van der Waals surface area (Å²) in [7, 11) is 0. The smallest absolute Gasteiger partial charge is 0.0993 e. The maximum Gasteiger partial charge on any atom is 0.0993 e. The number of amidine groups is 1. The Labute approximate surface area is 90.2 Å². The largest absolute Gasteiger partial charge is 0.387 e. The second-order valence-corrected chi connectivity index (χ2v) is 3.98. The predicted molar refractivity (Wildman–Crippen MR) is 63.3 cm³/mol. The number of nitrogens with two attached hydrogens (primary N) is 2. The molecule has 0 radical (unpaired) electrons. The van der Waals surface area contributed by atoms with Gasteiger partial charge in [0, 0.05) is 12.5 Å². The summed E-state index contributed by atoms with van der Waals surface area (Å²) < 4.78 is 0. The highest BCUT2D eigenvalue weighted by atomic mass is 14.9. The van der Waals surface area contributed by atoms with E-state index in [1.165, 1.54) is 11.1 Å². The molecule has 0 fully saturated rings. The Morgan fingerprint density at radius 1 is 1.53 bits per heavy atom. The van der Waals surface area contributed by atoms with Crippen molar-refractivity contribution in [2.45, 2.75) is 32.2 Å². The van der Waals surface area contributed by atoms with E-state index in [0.29, 0.717) is 5.84 Å². The van der Waals surface area contributed by atoms with E-state index in [9.17, 15) is 0 Å². The number of nitrogens with zero attached hydrogens (tertiary/aromatic N) is 1. The fourth-order valence-electron chi connectivity index (χ4n) is 1.94. The van der Waals surface area contributed by atoms with Gasteiger partial charge in [0.25, 0.3) is 0 Å². The van der Waals surface area contributed by atoms with Gasteiger partial charge >= 0.3 is 0 Å². The van der Waals surface area contributed by atoms with E-state index < -0.39 is 0 Å². The lowest BCUT2D eigenvalue weighted by atomic mass is 10.1. The van der Waals surface area contributed by atoms with Crippen molar-refractivity contribution in [3.63, 3.8) is 0 Å². The van der Waals surface area contributed by atoms with E-state index in [2.05, 4.69) is 17.1 Å². The molecule has 1 aliphatic rings. The molecule has 1 aromatic carbocycles. The lowest BCUT2D eigenvalue weighted by Crippen LogP contribution is -2.08. The molecule has 3 nitrogen and oxygen atoms in total. The first kappa shape index (κ1) is 10.2. The van der Waals surface area contributed by atoms with Crippen LogP contribution in [0.25, 0.3) is 0 Å². The van der Waals surface area contributed by atoms with Crippen LogP contribution in [0.5, 0.6) is 0 Å². The third-order valence-corrected chi connectivity index (χ3v) is 2.89. The first-order chi connectivity index (χ1) is 7.20. The zero-order valence-corrected chi connectivity index (χ0v) is 9.03. The molecule has 15 heavy (non-hydrogen) atoms. The van der Waals surface area contributed by atoms with Crippen LogP contribution < -0.4 is 11.5 Å². The number of aliphatic imine (C=N–C) groups is 1. The van der Waals surface area contributed by atoms with Crippen molar-refractivity contribution in [2.24, 2.45) is 16.5 Å². The van der Waals surface area contributed by atoms with Gasteiger partial charge in [-0.3, -0.25) is 0 Å². The number of hydrogen-bond acceptors (Lipinski definition) is 2. The topological polar surface area (TPSA) is 64.4 Å². The molecule has 0 amide bonds. The minimum Gasteiger partial charge on any atom is -0.387 e. The molecule has 0 saturated carbocycles. The maximum atomic E-state index is 6.00. The van der Waals surface area contributed by atoms with Gasteiger partial charge in [-0.1, -0.05) is 13.0 Å². The lowest BCUT2D eigenvalue weighted by Gasteiger charge is -2.05. The second-order valence-electron chi connectivity index (χ2n) is 3.98. The average molecular weight is 203 g/mol. The number of rotatable bonds is 2. The number of aryl methyl sites for hydroxylation is 1. The van der Waals surface area contributed by atoms with E-state index in [-0.39, 0.29) is 6.04 Å². The summed E-state index contributed by atoms with van der Waals surface area (Å²) in [5.41, 5.74) is 15.2. The minimum absolute atomic E-state index is 0.179. The first-order valence-corrected chi connectivity index (χ1v) is 5.42. The van der Waals surface area contributed by atoms with Crippen LogP contribution in [0.2, 0.25) is 0 Å². The monoisotopic (exact) mass is 203 g/mol. The van der Waals surface area contributed by atoms with Crippen LogP contribution in [0.15, 0.2) is 23.2 Å². The summed E-state index contributed by atoms with van der Waals surface area (Å²) in [5.74, 6) is 0.668. The molecule has 3 heteroatoms. The number of benzene rings is 1. The average Bonchev–Trinajstić information content (AvgIpc) is 2.60. The Bertz CT molecular complexity index is 396. The molecule has 0 spiro atoms. The summed E-state index contributed by atoms with van der Waals surface area (Å²) in [4.78, 5) is 4.33. The van der Waals surface area contributed by atoms with Crippen LogP contribution in [-0.4, -0.2) is 5.84 Å². The minimum atomic E-state index is 0.179. The SMILES string of the molecule is CCC(N)=Nc1ccc2c(c1)C(N)CC2. The summed E-state index contributed by atoms with van der Waals surface area (Å²) in [5, 5.41) is 0. The van der Waals surface area contributed by atoms with E-state index in [4.69, 9.17) is 11.5 Å². The number of fused-ring (bicyclic) bond motifs is 1. The van der Waals surface area contributed by atoms with Gasteiger partial charge in [0.1, 0.15) is 0 Å². The maximum absolute atomic E-state index is 6.00. The van der Waals surface area contributed by atoms with Gasteiger partial charge in [0.2, 0.25) is 0 Å². The van der Waals surface area contributed by atoms with Gasteiger partial charge in [-0.2, -0.15) is 0 Å². The zero-order chi connectivity index (χ0) is 10.8. The van der Waals surface area contributed by atoms with Gasteiger partial charge in [-0.05, 0) is 36.1 Å². The Balaban J connectivity index is 2.33. The van der Waals surface area contributed by atoms with Gasteiger partial charge in [0.15, 0.2) is 0 Å². The summed E-state index contributed by atoms with van der Waals surface area (Å²) in [6.07, 6.45) is 2.92. The number of hydrogen-bond donors (Lipinski definition) is 2. The summed E-state index contributed by atoms with van der Waals surface area (Å²) >= 11 is 0. The molecule has 1 atom stereocenters. The Morgan fingerprint density at radius 3 is 3.07 bits per heavy atom. The van der Waals surface area contributed by atoms with Crippen molar-refractivity contribution in [1.29, 1.82) is 0 Å². The highest BCUT2D eigenvalue weighted by Gasteiger charge is 2.18. The van der Waals surface area contributed by atoms with Crippen LogP contribution in [-0.2, 0) is 6.42 Å². The molecule has 0 saturated heterocycles. The van der Waals surface area contributed by atoms with Crippen LogP contribution in [0, 0.1) is 0 Å². The lowest BCUT2D eigenvalue weighted by molar-refractivity contribution is 0.713. The van der Waals surface area contributed by atoms with Crippen LogP contribution in [0.1, 0.15) is 36.9 Å². The highest BCUT2D eigenvalue weighted by molar-refractivity contribution is 5.82. The molecule has 1 aromatic rings. The molecule has 1 aliphatic carbocycles. The fraction of sp³-hybridized carbons (Fsp3) is 0.417. The molecular weight excluding hydrogens is 186 g/mol. The molecule has 0 aromatic heterocycles. The molecule has 4 N–H and O–H groups in total. The van der Waals surface area contributed by atoms with Gasteiger partial charge in [-0.25, -0.2) is 4.99 Å². The summed E-state index contributed by atoms with van der Waals surface area (Å²) in [6.45, 7) is 2.00. The predicted octanol–water partition coefficient (Wildman–Crippen LogP) is 2.03.